The van der Waals surface area contributed by atoms with Crippen LogP contribution in [0.5, 0.6) is 11.5 Å². The lowest BCUT2D eigenvalue weighted by molar-refractivity contribution is 0.373. The van der Waals surface area contributed by atoms with Crippen LogP contribution in [0.3, 0.4) is 0 Å². The first kappa shape index (κ1) is 16.8. The normalized spacial score (nSPS) is 10.6. The van der Waals surface area contributed by atoms with E-state index in [0.29, 0.717) is 10.9 Å². The van der Waals surface area contributed by atoms with E-state index in [-0.39, 0.29) is 5.75 Å². The molecule has 0 fully saturated rings. The lowest BCUT2D eigenvalue weighted by atomic mass is 10.1. The van der Waals surface area contributed by atoms with E-state index in [4.69, 9.17) is 17.0 Å². The summed E-state index contributed by atoms with van der Waals surface area (Å²) in [7, 11) is 1.50. The average molecular weight is 329 g/mol. The zero-order valence-electron chi connectivity index (χ0n) is 13.3. The van der Waals surface area contributed by atoms with Crippen LogP contribution in [0.1, 0.15) is 16.7 Å². The topological polar surface area (TPSA) is 65.9 Å². The second kappa shape index (κ2) is 7.60. The van der Waals surface area contributed by atoms with E-state index in [1.54, 1.807) is 24.4 Å². The molecule has 0 aliphatic rings. The average Bonchev–Trinajstić information content (AvgIpc) is 2.52. The third-order valence-corrected chi connectivity index (χ3v) is 3.63. The van der Waals surface area contributed by atoms with Crippen LogP contribution in [0.15, 0.2) is 41.5 Å². The molecule has 0 unspecified atom stereocenters. The Bertz CT molecular complexity index is 745. The van der Waals surface area contributed by atoms with Gasteiger partial charge in [0, 0.05) is 5.69 Å². The molecule has 0 spiro atoms. The summed E-state index contributed by atoms with van der Waals surface area (Å²) in [5.74, 6) is 0.481. The Morgan fingerprint density at radius 1 is 1.26 bits per heavy atom. The molecule has 0 heterocycles. The van der Waals surface area contributed by atoms with Crippen molar-refractivity contribution in [3.8, 4) is 11.5 Å². The third kappa shape index (κ3) is 4.43. The molecule has 0 bridgehead atoms. The van der Waals surface area contributed by atoms with E-state index >= 15 is 0 Å². The molecule has 6 heteroatoms. The molecule has 0 saturated heterocycles. The maximum Gasteiger partial charge on any atom is 0.191 e. The fourth-order valence-corrected chi connectivity index (χ4v) is 2.15. The molecule has 0 aromatic heterocycles. The molecule has 0 saturated carbocycles. The van der Waals surface area contributed by atoms with Gasteiger partial charge >= 0.3 is 0 Å². The van der Waals surface area contributed by atoms with Crippen LogP contribution < -0.4 is 15.5 Å². The van der Waals surface area contributed by atoms with Crippen molar-refractivity contribution in [1.82, 2.24) is 5.43 Å². The first-order chi connectivity index (χ1) is 11.0. The van der Waals surface area contributed by atoms with Crippen molar-refractivity contribution >= 4 is 29.2 Å². The molecular weight excluding hydrogens is 310 g/mol. The van der Waals surface area contributed by atoms with Gasteiger partial charge in [0.15, 0.2) is 16.6 Å². The van der Waals surface area contributed by atoms with Gasteiger partial charge in [-0.05, 0) is 67.0 Å². The van der Waals surface area contributed by atoms with Gasteiger partial charge in [-0.2, -0.15) is 5.10 Å². The minimum Gasteiger partial charge on any atom is -0.504 e. The molecule has 0 radical (unpaired) electrons. The van der Waals surface area contributed by atoms with E-state index in [9.17, 15) is 5.11 Å². The van der Waals surface area contributed by atoms with E-state index in [1.807, 2.05) is 32.0 Å². The van der Waals surface area contributed by atoms with Crippen molar-refractivity contribution < 1.29 is 9.84 Å². The number of nitrogens with zero attached hydrogens (tertiary/aromatic N) is 1. The van der Waals surface area contributed by atoms with E-state index in [1.165, 1.54) is 12.7 Å². The number of hydrazone groups is 1. The summed E-state index contributed by atoms with van der Waals surface area (Å²) in [6, 6.07) is 11.0. The molecule has 5 nitrogen and oxygen atoms in total. The molecule has 2 aromatic carbocycles. The highest BCUT2D eigenvalue weighted by Gasteiger charge is 2.03. The number of hydrogen-bond donors (Lipinski definition) is 3. The van der Waals surface area contributed by atoms with Gasteiger partial charge in [-0.1, -0.05) is 12.1 Å². The van der Waals surface area contributed by atoms with Gasteiger partial charge in [0.05, 0.1) is 13.3 Å². The Morgan fingerprint density at radius 2 is 2.04 bits per heavy atom. The number of aromatic hydroxyl groups is 1. The fourth-order valence-electron chi connectivity index (χ4n) is 1.99. The van der Waals surface area contributed by atoms with Crippen LogP contribution in [-0.2, 0) is 0 Å². The smallest absolute Gasteiger partial charge is 0.191 e. The number of anilines is 1. The summed E-state index contributed by atoms with van der Waals surface area (Å²) in [5, 5.41) is 17.3. The van der Waals surface area contributed by atoms with Crippen molar-refractivity contribution in [2.24, 2.45) is 5.10 Å². The van der Waals surface area contributed by atoms with Crippen LogP contribution in [-0.4, -0.2) is 23.5 Å². The molecule has 23 heavy (non-hydrogen) atoms. The van der Waals surface area contributed by atoms with Gasteiger partial charge in [-0.3, -0.25) is 5.43 Å². The van der Waals surface area contributed by atoms with Gasteiger partial charge in [-0.15, -0.1) is 0 Å². The van der Waals surface area contributed by atoms with Gasteiger partial charge in [0.25, 0.3) is 0 Å². The number of ether oxygens (including phenoxy) is 1. The van der Waals surface area contributed by atoms with Crippen molar-refractivity contribution in [3.05, 3.63) is 53.1 Å². The van der Waals surface area contributed by atoms with Crippen molar-refractivity contribution in [3.63, 3.8) is 0 Å². The standard InChI is InChI=1S/C17H19N3O2S/c1-11-5-4-6-14(12(11)2)19-17(23)20-18-10-13-7-8-16(22-3)15(21)9-13/h4-10,21H,1-3H3,(H2,19,20,23)/b18-10+. The molecule has 0 atom stereocenters. The molecular formula is C17H19N3O2S. The molecule has 0 aliphatic carbocycles. The number of nitrogens with one attached hydrogen (secondary N) is 2. The second-order valence-electron chi connectivity index (χ2n) is 5.00. The second-order valence-corrected chi connectivity index (χ2v) is 5.41. The molecule has 120 valence electrons. The molecule has 3 N–H and O–H groups in total. The van der Waals surface area contributed by atoms with E-state index in [2.05, 4.69) is 15.8 Å². The molecule has 0 aliphatic heterocycles. The lowest BCUT2D eigenvalue weighted by Gasteiger charge is -2.11. The highest BCUT2D eigenvalue weighted by molar-refractivity contribution is 7.80. The highest BCUT2D eigenvalue weighted by atomic mass is 32.1. The zero-order valence-corrected chi connectivity index (χ0v) is 14.1. The third-order valence-electron chi connectivity index (χ3n) is 3.44. The largest absolute Gasteiger partial charge is 0.504 e. The summed E-state index contributed by atoms with van der Waals surface area (Å²) >= 11 is 5.21. The van der Waals surface area contributed by atoms with Crippen LogP contribution in [0.2, 0.25) is 0 Å². The number of thiocarbonyl (C=S) groups is 1. The van der Waals surface area contributed by atoms with Gasteiger partial charge in [0.2, 0.25) is 0 Å². The molecule has 2 rings (SSSR count). The number of benzene rings is 2. The summed E-state index contributed by atoms with van der Waals surface area (Å²) < 4.78 is 4.99. The minimum atomic E-state index is 0.0625. The Hall–Kier alpha value is -2.60. The monoisotopic (exact) mass is 329 g/mol. The van der Waals surface area contributed by atoms with Crippen LogP contribution in [0, 0.1) is 13.8 Å². The highest BCUT2D eigenvalue weighted by Crippen LogP contribution is 2.25. The fraction of sp³-hybridized carbons (Fsp3) is 0.176. The predicted octanol–water partition coefficient (Wildman–Crippen LogP) is 3.34. The van der Waals surface area contributed by atoms with Crippen molar-refractivity contribution in [2.75, 3.05) is 12.4 Å². The Morgan fingerprint density at radius 3 is 2.74 bits per heavy atom. The number of phenolic OH excluding ortho intramolecular Hbond substituents is 1. The van der Waals surface area contributed by atoms with E-state index in [0.717, 1.165) is 16.8 Å². The summed E-state index contributed by atoms with van der Waals surface area (Å²) in [6.45, 7) is 4.08. The Balaban J connectivity index is 1.96. The van der Waals surface area contributed by atoms with Gasteiger partial charge in [0.1, 0.15) is 0 Å². The van der Waals surface area contributed by atoms with E-state index < -0.39 is 0 Å². The van der Waals surface area contributed by atoms with Gasteiger partial charge < -0.3 is 15.2 Å². The SMILES string of the molecule is COc1ccc(/C=N/NC(=S)Nc2cccc(C)c2C)cc1O. The minimum absolute atomic E-state index is 0.0625. The lowest BCUT2D eigenvalue weighted by Crippen LogP contribution is -2.24. The number of hydrogen-bond acceptors (Lipinski definition) is 4. The number of aryl methyl sites for hydroxylation is 1. The van der Waals surface area contributed by atoms with Crippen LogP contribution in [0.4, 0.5) is 5.69 Å². The van der Waals surface area contributed by atoms with Crippen molar-refractivity contribution in [1.29, 1.82) is 0 Å². The summed E-state index contributed by atoms with van der Waals surface area (Å²) in [4.78, 5) is 0. The molecule has 2 aromatic rings. The molecule has 0 amide bonds. The first-order valence-corrected chi connectivity index (χ1v) is 7.45. The summed E-state index contributed by atoms with van der Waals surface area (Å²) in [5.41, 5.74) is 6.75. The quantitative estimate of drug-likeness (QED) is 0.456. The summed E-state index contributed by atoms with van der Waals surface area (Å²) in [6.07, 6.45) is 1.57. The van der Waals surface area contributed by atoms with Gasteiger partial charge in [-0.25, -0.2) is 0 Å². The maximum absolute atomic E-state index is 9.71. The first-order valence-electron chi connectivity index (χ1n) is 7.04. The van der Waals surface area contributed by atoms with Crippen LogP contribution >= 0.6 is 12.2 Å². The zero-order chi connectivity index (χ0) is 16.8. The maximum atomic E-state index is 9.71. The van der Waals surface area contributed by atoms with Crippen LogP contribution in [0.25, 0.3) is 0 Å². The number of phenols is 1. The number of methoxy groups -OCH3 is 1. The number of rotatable bonds is 4. The Kier molecular flexibility index (Phi) is 5.54. The predicted molar refractivity (Wildman–Crippen MR) is 97.5 cm³/mol. The van der Waals surface area contributed by atoms with Crippen molar-refractivity contribution in [2.45, 2.75) is 13.8 Å². The Labute approximate surface area is 141 Å².